The van der Waals surface area contributed by atoms with Crippen molar-refractivity contribution < 1.29 is 4.79 Å². The van der Waals surface area contributed by atoms with E-state index in [1.165, 1.54) is 0 Å². The van der Waals surface area contributed by atoms with Crippen LogP contribution < -0.4 is 15.5 Å². The standard InChI is InChI=1S/C26H28N8O/c1-4-11-34(5-2)23-14-22-21(30-26(31-22)32-24-16(3)7-6-10-27-24)13-19(23)25(35)29-18-9-8-17-15-28-33-20(17)12-18/h6-10,12-15H,4-5,11H2,1-3H3,(H,28,33)(H,29,35)(H2,27,30,31,32). The van der Waals surface area contributed by atoms with E-state index in [-0.39, 0.29) is 5.91 Å². The molecule has 35 heavy (non-hydrogen) atoms. The molecule has 0 spiro atoms. The zero-order valence-corrected chi connectivity index (χ0v) is 20.0. The Kier molecular flexibility index (Phi) is 6.05. The highest BCUT2D eigenvalue weighted by Crippen LogP contribution is 2.29. The number of anilines is 4. The zero-order valence-electron chi connectivity index (χ0n) is 20.0. The van der Waals surface area contributed by atoms with Crippen LogP contribution in [0.5, 0.6) is 0 Å². The number of fused-ring (bicyclic) bond motifs is 2. The summed E-state index contributed by atoms with van der Waals surface area (Å²) < 4.78 is 0. The SMILES string of the molecule is CCCN(CC)c1cc2nc(Nc3ncccc3C)[nH]c2cc1C(=O)Nc1ccc2cn[nH]c2c1. The van der Waals surface area contributed by atoms with Crippen molar-refractivity contribution in [1.82, 2.24) is 25.1 Å². The molecule has 178 valence electrons. The van der Waals surface area contributed by atoms with Gasteiger partial charge in [0.2, 0.25) is 5.95 Å². The highest BCUT2D eigenvalue weighted by atomic mass is 16.1. The molecule has 4 N–H and O–H groups in total. The number of benzene rings is 2. The fourth-order valence-electron chi connectivity index (χ4n) is 4.21. The molecule has 5 aromatic rings. The van der Waals surface area contributed by atoms with Crippen LogP contribution >= 0.6 is 0 Å². The summed E-state index contributed by atoms with van der Waals surface area (Å²) in [5, 5.41) is 14.3. The van der Waals surface area contributed by atoms with E-state index in [2.05, 4.69) is 49.5 Å². The van der Waals surface area contributed by atoms with Gasteiger partial charge in [-0.3, -0.25) is 9.89 Å². The molecule has 0 aliphatic carbocycles. The van der Waals surface area contributed by atoms with Crippen molar-refractivity contribution in [2.24, 2.45) is 0 Å². The molecule has 0 atom stereocenters. The van der Waals surface area contributed by atoms with Gasteiger partial charge in [0.1, 0.15) is 5.82 Å². The molecular formula is C26H28N8O. The number of amides is 1. The van der Waals surface area contributed by atoms with Crippen molar-refractivity contribution in [3.05, 3.63) is 66.0 Å². The summed E-state index contributed by atoms with van der Waals surface area (Å²) >= 11 is 0. The number of imidazole rings is 1. The van der Waals surface area contributed by atoms with Crippen LogP contribution in [0.25, 0.3) is 21.9 Å². The van der Waals surface area contributed by atoms with E-state index >= 15 is 0 Å². The Morgan fingerprint density at radius 1 is 1.11 bits per heavy atom. The van der Waals surface area contributed by atoms with Gasteiger partial charge in [0.15, 0.2) is 0 Å². The van der Waals surface area contributed by atoms with Crippen LogP contribution in [0.2, 0.25) is 0 Å². The Morgan fingerprint density at radius 2 is 2.00 bits per heavy atom. The molecule has 9 heteroatoms. The third-order valence-corrected chi connectivity index (χ3v) is 6.01. The van der Waals surface area contributed by atoms with Crippen molar-refractivity contribution in [2.75, 3.05) is 28.6 Å². The first-order valence-corrected chi connectivity index (χ1v) is 11.8. The van der Waals surface area contributed by atoms with E-state index in [0.717, 1.165) is 58.5 Å². The molecule has 3 aromatic heterocycles. The Labute approximate surface area is 203 Å². The number of hydrogen-bond donors (Lipinski definition) is 4. The van der Waals surface area contributed by atoms with E-state index in [9.17, 15) is 4.79 Å². The van der Waals surface area contributed by atoms with Gasteiger partial charge in [0.05, 0.1) is 34.0 Å². The minimum atomic E-state index is -0.181. The van der Waals surface area contributed by atoms with Crippen molar-refractivity contribution in [3.8, 4) is 0 Å². The van der Waals surface area contributed by atoms with Crippen LogP contribution in [-0.2, 0) is 0 Å². The summed E-state index contributed by atoms with van der Waals surface area (Å²) in [6, 6.07) is 13.4. The normalized spacial score (nSPS) is 11.2. The number of aromatic amines is 2. The Bertz CT molecular complexity index is 1500. The first-order valence-electron chi connectivity index (χ1n) is 11.8. The van der Waals surface area contributed by atoms with E-state index in [1.807, 2.05) is 49.4 Å². The predicted octanol–water partition coefficient (Wildman–Crippen LogP) is 5.37. The van der Waals surface area contributed by atoms with Crippen LogP contribution in [0.1, 0.15) is 36.2 Å². The van der Waals surface area contributed by atoms with E-state index in [4.69, 9.17) is 4.98 Å². The second-order valence-corrected chi connectivity index (χ2v) is 8.47. The van der Waals surface area contributed by atoms with Gasteiger partial charge in [-0.2, -0.15) is 5.10 Å². The average Bonchev–Trinajstić information content (AvgIpc) is 3.48. The van der Waals surface area contributed by atoms with Crippen molar-refractivity contribution in [1.29, 1.82) is 0 Å². The number of hydrogen-bond acceptors (Lipinski definition) is 6. The quantitative estimate of drug-likeness (QED) is 0.243. The molecule has 0 unspecified atom stereocenters. The second kappa shape index (κ2) is 9.46. The Balaban J connectivity index is 1.52. The van der Waals surface area contributed by atoms with Gasteiger partial charge in [-0.05, 0) is 62.2 Å². The maximum atomic E-state index is 13.5. The minimum absolute atomic E-state index is 0.181. The van der Waals surface area contributed by atoms with Crippen LogP contribution in [0.3, 0.4) is 0 Å². The van der Waals surface area contributed by atoms with Crippen molar-refractivity contribution in [2.45, 2.75) is 27.2 Å². The van der Waals surface area contributed by atoms with Gasteiger partial charge >= 0.3 is 0 Å². The van der Waals surface area contributed by atoms with Gasteiger partial charge in [-0.15, -0.1) is 0 Å². The second-order valence-electron chi connectivity index (χ2n) is 8.47. The lowest BCUT2D eigenvalue weighted by molar-refractivity contribution is 0.102. The Hall–Kier alpha value is -4.40. The molecule has 0 saturated heterocycles. The molecule has 0 radical (unpaired) electrons. The molecule has 0 saturated carbocycles. The first kappa shape index (κ1) is 22.4. The molecule has 5 rings (SSSR count). The van der Waals surface area contributed by atoms with Crippen molar-refractivity contribution in [3.63, 3.8) is 0 Å². The lowest BCUT2D eigenvalue weighted by Gasteiger charge is -2.25. The number of carbonyl (C=O) groups is 1. The number of nitrogens with zero attached hydrogens (tertiary/aromatic N) is 4. The fraction of sp³-hybridized carbons (Fsp3) is 0.231. The molecule has 0 aliphatic rings. The van der Waals surface area contributed by atoms with Crippen LogP contribution in [0.15, 0.2) is 54.9 Å². The molecular weight excluding hydrogens is 440 g/mol. The fourth-order valence-corrected chi connectivity index (χ4v) is 4.21. The molecule has 9 nitrogen and oxygen atoms in total. The van der Waals surface area contributed by atoms with E-state index in [1.54, 1.807) is 12.4 Å². The summed E-state index contributed by atoms with van der Waals surface area (Å²) in [6.07, 6.45) is 4.46. The number of aromatic nitrogens is 5. The minimum Gasteiger partial charge on any atom is -0.371 e. The number of rotatable bonds is 8. The lowest BCUT2D eigenvalue weighted by atomic mass is 10.1. The topological polar surface area (TPSA) is 115 Å². The van der Waals surface area contributed by atoms with Crippen LogP contribution in [0, 0.1) is 6.92 Å². The largest absolute Gasteiger partial charge is 0.371 e. The third-order valence-electron chi connectivity index (χ3n) is 6.01. The Morgan fingerprint density at radius 3 is 2.80 bits per heavy atom. The van der Waals surface area contributed by atoms with Crippen LogP contribution in [0.4, 0.5) is 23.1 Å². The molecule has 0 bridgehead atoms. The molecule has 0 fully saturated rings. The monoisotopic (exact) mass is 468 g/mol. The van der Waals surface area contributed by atoms with E-state index in [0.29, 0.717) is 17.2 Å². The summed E-state index contributed by atoms with van der Waals surface area (Å²) in [7, 11) is 0. The average molecular weight is 469 g/mol. The zero-order chi connectivity index (χ0) is 24.4. The lowest BCUT2D eigenvalue weighted by Crippen LogP contribution is -2.26. The smallest absolute Gasteiger partial charge is 0.257 e. The third kappa shape index (κ3) is 4.52. The number of carbonyl (C=O) groups excluding carboxylic acids is 1. The highest BCUT2D eigenvalue weighted by Gasteiger charge is 2.19. The number of H-pyrrole nitrogens is 2. The van der Waals surface area contributed by atoms with E-state index < -0.39 is 0 Å². The molecule has 3 heterocycles. The van der Waals surface area contributed by atoms with Crippen molar-refractivity contribution >= 4 is 51.0 Å². The first-order chi connectivity index (χ1) is 17.1. The molecule has 2 aromatic carbocycles. The number of nitrogens with one attached hydrogen (secondary N) is 4. The van der Waals surface area contributed by atoms with Gasteiger partial charge in [0, 0.05) is 30.4 Å². The maximum absolute atomic E-state index is 13.5. The summed E-state index contributed by atoms with van der Waals surface area (Å²) in [4.78, 5) is 28.1. The summed E-state index contributed by atoms with van der Waals surface area (Å²) in [5.74, 6) is 1.13. The summed E-state index contributed by atoms with van der Waals surface area (Å²) in [5.41, 5.74) is 5.58. The number of pyridine rings is 1. The van der Waals surface area contributed by atoms with Gasteiger partial charge < -0.3 is 20.5 Å². The van der Waals surface area contributed by atoms with Crippen LogP contribution in [-0.4, -0.2) is 44.1 Å². The van der Waals surface area contributed by atoms with Gasteiger partial charge in [-0.1, -0.05) is 13.0 Å². The maximum Gasteiger partial charge on any atom is 0.257 e. The highest BCUT2D eigenvalue weighted by molar-refractivity contribution is 6.11. The molecule has 1 amide bonds. The molecule has 0 aliphatic heterocycles. The summed E-state index contributed by atoms with van der Waals surface area (Å²) in [6.45, 7) is 7.83. The van der Waals surface area contributed by atoms with Gasteiger partial charge in [0.25, 0.3) is 5.91 Å². The number of aryl methyl sites for hydroxylation is 1. The van der Waals surface area contributed by atoms with Gasteiger partial charge in [-0.25, -0.2) is 9.97 Å². The predicted molar refractivity (Wildman–Crippen MR) is 141 cm³/mol.